The Morgan fingerprint density at radius 2 is 1.86 bits per heavy atom. The monoisotopic (exact) mass is 392 g/mol. The second-order valence-corrected chi connectivity index (χ2v) is 7.72. The van der Waals surface area contributed by atoms with Gasteiger partial charge >= 0.3 is 0 Å². The standard InChI is InChI=1S/C24H28N2O3/c1-28-21-8-6-20(7-9-21)24(12-16-29-17-13-24)18-25-23(27)11-15-26-14-10-19-4-2-3-5-22(19)26/h2-10,14H,11-13,15-18H2,1H3,(H,25,27). The first kappa shape index (κ1) is 19.5. The highest BCUT2D eigenvalue weighted by molar-refractivity contribution is 5.80. The van der Waals surface area contributed by atoms with E-state index in [1.165, 1.54) is 16.5 Å². The average molecular weight is 392 g/mol. The van der Waals surface area contributed by atoms with E-state index >= 15 is 0 Å². The number of hydrogen-bond acceptors (Lipinski definition) is 3. The van der Waals surface area contributed by atoms with Crippen molar-refractivity contribution >= 4 is 16.8 Å². The molecular formula is C24H28N2O3. The Morgan fingerprint density at radius 3 is 2.62 bits per heavy atom. The van der Waals surface area contributed by atoms with Crippen molar-refractivity contribution < 1.29 is 14.3 Å². The Bertz CT molecular complexity index is 956. The van der Waals surface area contributed by atoms with Crippen LogP contribution in [0, 0.1) is 0 Å². The number of methoxy groups -OCH3 is 1. The fourth-order valence-electron chi connectivity index (χ4n) is 4.19. The van der Waals surface area contributed by atoms with E-state index < -0.39 is 0 Å². The van der Waals surface area contributed by atoms with Gasteiger partial charge in [0.15, 0.2) is 0 Å². The Labute approximate surface area is 171 Å². The van der Waals surface area contributed by atoms with Gasteiger partial charge in [0, 0.05) is 49.9 Å². The second kappa shape index (κ2) is 8.70. The lowest BCUT2D eigenvalue weighted by molar-refractivity contribution is -0.121. The van der Waals surface area contributed by atoms with E-state index in [4.69, 9.17) is 9.47 Å². The van der Waals surface area contributed by atoms with Crippen LogP contribution in [0.25, 0.3) is 10.9 Å². The number of aromatic nitrogens is 1. The van der Waals surface area contributed by atoms with Crippen molar-refractivity contribution in [2.24, 2.45) is 0 Å². The molecule has 1 amide bonds. The molecule has 1 N–H and O–H groups in total. The molecule has 0 spiro atoms. The third-order valence-corrected chi connectivity index (χ3v) is 6.04. The molecule has 0 bridgehead atoms. The highest BCUT2D eigenvalue weighted by atomic mass is 16.5. The van der Waals surface area contributed by atoms with Crippen molar-refractivity contribution in [2.45, 2.75) is 31.2 Å². The molecule has 1 aromatic heterocycles. The molecule has 5 nitrogen and oxygen atoms in total. The summed E-state index contributed by atoms with van der Waals surface area (Å²) in [4.78, 5) is 12.6. The maximum Gasteiger partial charge on any atom is 0.221 e. The van der Waals surface area contributed by atoms with Crippen LogP contribution >= 0.6 is 0 Å². The van der Waals surface area contributed by atoms with Gasteiger partial charge in [-0.25, -0.2) is 0 Å². The first-order valence-electron chi connectivity index (χ1n) is 10.2. The molecular weight excluding hydrogens is 364 g/mol. The molecule has 1 aliphatic heterocycles. The summed E-state index contributed by atoms with van der Waals surface area (Å²) in [5, 5.41) is 4.39. The Kier molecular flexibility index (Phi) is 5.86. The van der Waals surface area contributed by atoms with Gasteiger partial charge in [-0.3, -0.25) is 4.79 Å². The van der Waals surface area contributed by atoms with Crippen LogP contribution in [0.5, 0.6) is 5.75 Å². The molecule has 2 heterocycles. The molecule has 4 rings (SSSR count). The summed E-state index contributed by atoms with van der Waals surface area (Å²) in [7, 11) is 1.67. The van der Waals surface area contributed by atoms with Crippen molar-refractivity contribution in [2.75, 3.05) is 26.9 Å². The lowest BCUT2D eigenvalue weighted by Crippen LogP contribution is -2.44. The Hall–Kier alpha value is -2.79. The normalized spacial score (nSPS) is 15.9. The zero-order valence-corrected chi connectivity index (χ0v) is 16.9. The van der Waals surface area contributed by atoms with Crippen LogP contribution < -0.4 is 10.1 Å². The van der Waals surface area contributed by atoms with Gasteiger partial charge in [-0.15, -0.1) is 0 Å². The van der Waals surface area contributed by atoms with Crippen molar-refractivity contribution in [3.8, 4) is 5.75 Å². The zero-order chi connectivity index (χ0) is 20.1. The molecule has 3 aromatic rings. The first-order valence-corrected chi connectivity index (χ1v) is 10.2. The number of carbonyl (C=O) groups is 1. The van der Waals surface area contributed by atoms with Gasteiger partial charge < -0.3 is 19.4 Å². The summed E-state index contributed by atoms with van der Waals surface area (Å²) in [6.07, 6.45) is 4.33. The van der Waals surface area contributed by atoms with Gasteiger partial charge in [0.2, 0.25) is 5.91 Å². The number of nitrogens with zero attached hydrogens (tertiary/aromatic N) is 1. The summed E-state index contributed by atoms with van der Waals surface area (Å²) >= 11 is 0. The molecule has 0 aliphatic carbocycles. The minimum absolute atomic E-state index is 0.0830. The molecule has 0 unspecified atom stereocenters. The Morgan fingerprint density at radius 1 is 1.10 bits per heavy atom. The first-order chi connectivity index (χ1) is 14.2. The lowest BCUT2D eigenvalue weighted by atomic mass is 9.74. The number of rotatable bonds is 7. The van der Waals surface area contributed by atoms with Gasteiger partial charge in [0.1, 0.15) is 5.75 Å². The van der Waals surface area contributed by atoms with Crippen LogP contribution in [0.2, 0.25) is 0 Å². The van der Waals surface area contributed by atoms with E-state index in [1.807, 2.05) is 24.3 Å². The number of carbonyl (C=O) groups excluding carboxylic acids is 1. The predicted molar refractivity (Wildman–Crippen MR) is 114 cm³/mol. The molecule has 0 radical (unpaired) electrons. The van der Waals surface area contributed by atoms with Gasteiger partial charge in [-0.1, -0.05) is 30.3 Å². The molecule has 152 valence electrons. The van der Waals surface area contributed by atoms with Crippen molar-refractivity contribution in [1.29, 1.82) is 0 Å². The molecule has 0 saturated carbocycles. The van der Waals surface area contributed by atoms with Crippen LogP contribution in [-0.2, 0) is 21.5 Å². The van der Waals surface area contributed by atoms with Crippen LogP contribution in [0.4, 0.5) is 0 Å². The van der Waals surface area contributed by atoms with E-state index in [9.17, 15) is 4.79 Å². The number of fused-ring (bicyclic) bond motifs is 1. The Balaban J connectivity index is 1.39. The summed E-state index contributed by atoms with van der Waals surface area (Å²) in [6.45, 7) is 2.75. The summed E-state index contributed by atoms with van der Waals surface area (Å²) in [5.41, 5.74) is 2.32. The average Bonchev–Trinajstić information content (AvgIpc) is 3.20. The highest BCUT2D eigenvalue weighted by Gasteiger charge is 2.34. The number of hydrogen-bond donors (Lipinski definition) is 1. The largest absolute Gasteiger partial charge is 0.497 e. The summed E-state index contributed by atoms with van der Waals surface area (Å²) < 4.78 is 13.0. The number of benzene rings is 2. The van der Waals surface area contributed by atoms with Crippen LogP contribution in [-0.4, -0.2) is 37.3 Å². The zero-order valence-electron chi connectivity index (χ0n) is 16.9. The third kappa shape index (κ3) is 4.30. The fourth-order valence-corrected chi connectivity index (χ4v) is 4.19. The summed E-state index contributed by atoms with van der Waals surface area (Å²) in [5.74, 6) is 0.932. The molecule has 5 heteroatoms. The van der Waals surface area contributed by atoms with Gasteiger partial charge in [0.25, 0.3) is 0 Å². The van der Waals surface area contributed by atoms with E-state index in [2.05, 4.69) is 46.4 Å². The SMILES string of the molecule is COc1ccc(C2(CNC(=O)CCn3ccc4ccccc43)CCOCC2)cc1. The van der Waals surface area contributed by atoms with Crippen molar-refractivity contribution in [1.82, 2.24) is 9.88 Å². The fraction of sp³-hybridized carbons (Fsp3) is 0.375. The topological polar surface area (TPSA) is 52.5 Å². The molecule has 0 atom stereocenters. The number of nitrogens with one attached hydrogen (secondary N) is 1. The number of para-hydroxylation sites is 1. The third-order valence-electron chi connectivity index (χ3n) is 6.04. The molecule has 1 saturated heterocycles. The number of amides is 1. The van der Waals surface area contributed by atoms with Crippen molar-refractivity contribution in [3.63, 3.8) is 0 Å². The smallest absolute Gasteiger partial charge is 0.221 e. The number of ether oxygens (including phenoxy) is 2. The van der Waals surface area contributed by atoms with E-state index in [0.717, 1.165) is 31.8 Å². The maximum absolute atomic E-state index is 12.6. The second-order valence-electron chi connectivity index (χ2n) is 7.72. The van der Waals surface area contributed by atoms with Crippen LogP contribution in [0.15, 0.2) is 60.8 Å². The minimum Gasteiger partial charge on any atom is -0.497 e. The van der Waals surface area contributed by atoms with Gasteiger partial charge in [-0.2, -0.15) is 0 Å². The quantitative estimate of drug-likeness (QED) is 0.663. The lowest BCUT2D eigenvalue weighted by Gasteiger charge is -2.38. The van der Waals surface area contributed by atoms with E-state index in [0.29, 0.717) is 19.5 Å². The van der Waals surface area contributed by atoms with E-state index in [1.54, 1.807) is 7.11 Å². The molecule has 29 heavy (non-hydrogen) atoms. The van der Waals surface area contributed by atoms with Crippen molar-refractivity contribution in [3.05, 3.63) is 66.4 Å². The van der Waals surface area contributed by atoms with Crippen LogP contribution in [0.1, 0.15) is 24.8 Å². The number of aryl methyl sites for hydroxylation is 1. The van der Waals surface area contributed by atoms with Gasteiger partial charge in [-0.05, 0) is 48.1 Å². The summed E-state index contributed by atoms with van der Waals surface area (Å²) in [6, 6.07) is 18.5. The highest BCUT2D eigenvalue weighted by Crippen LogP contribution is 2.35. The molecule has 1 aliphatic rings. The minimum atomic E-state index is -0.0830. The van der Waals surface area contributed by atoms with Crippen LogP contribution in [0.3, 0.4) is 0 Å². The maximum atomic E-state index is 12.6. The van der Waals surface area contributed by atoms with E-state index in [-0.39, 0.29) is 11.3 Å². The molecule has 2 aromatic carbocycles. The molecule has 1 fully saturated rings. The van der Waals surface area contributed by atoms with Gasteiger partial charge in [0.05, 0.1) is 7.11 Å². The predicted octanol–water partition coefficient (Wildman–Crippen LogP) is 3.90.